The van der Waals surface area contributed by atoms with Crippen molar-refractivity contribution in [3.63, 3.8) is 0 Å². The molecule has 50 heavy (non-hydrogen) atoms. The Bertz CT molecular complexity index is 2080. The maximum absolute atomic E-state index is 2.62. The average Bonchev–Trinajstić information content (AvgIpc) is 3.76. The second-order valence-electron chi connectivity index (χ2n) is 13.8. The third kappa shape index (κ3) is 6.52. The molecule has 1 saturated carbocycles. The van der Waals surface area contributed by atoms with Crippen LogP contribution >= 0.6 is 0 Å². The molecule has 0 spiro atoms. The summed E-state index contributed by atoms with van der Waals surface area (Å²) in [5, 5.41) is 0. The summed E-state index contributed by atoms with van der Waals surface area (Å²) in [7, 11) is 0. The Kier molecular flexibility index (Phi) is 8.88. The lowest BCUT2D eigenvalue weighted by Gasteiger charge is -2.27. The first-order valence-corrected chi connectivity index (χ1v) is 18.0. The lowest BCUT2D eigenvalue weighted by Crippen LogP contribution is -2.26. The van der Waals surface area contributed by atoms with E-state index in [2.05, 4.69) is 195 Å². The highest BCUT2D eigenvalue weighted by molar-refractivity contribution is 5.92. The van der Waals surface area contributed by atoms with Crippen LogP contribution < -0.4 is 4.90 Å². The largest absolute Gasteiger partial charge is 0.338 e. The third-order valence-corrected chi connectivity index (χ3v) is 10.5. The maximum Gasteiger partial charge on any atom is 0.0450 e. The van der Waals surface area contributed by atoms with Crippen LogP contribution in [0.4, 0.5) is 11.4 Å². The molecule has 0 amide bonds. The Labute approximate surface area is 297 Å². The first-order chi connectivity index (χ1) is 24.6. The van der Waals surface area contributed by atoms with Gasteiger partial charge in [0.25, 0.3) is 0 Å². The summed E-state index contributed by atoms with van der Waals surface area (Å²) in [6, 6.07) is 56.0. The lowest BCUT2D eigenvalue weighted by molar-refractivity contribution is 0.642. The minimum absolute atomic E-state index is 0.515. The van der Waals surface area contributed by atoms with E-state index in [0.717, 1.165) is 0 Å². The number of nitrogens with zero attached hydrogens (tertiary/aromatic N) is 1. The van der Waals surface area contributed by atoms with Crippen LogP contribution in [0.2, 0.25) is 0 Å². The fourth-order valence-electron chi connectivity index (χ4n) is 7.86. The van der Waals surface area contributed by atoms with Gasteiger partial charge in [0.15, 0.2) is 0 Å². The van der Waals surface area contributed by atoms with Gasteiger partial charge in [-0.2, -0.15) is 0 Å². The lowest BCUT2D eigenvalue weighted by atomic mass is 9.92. The summed E-state index contributed by atoms with van der Waals surface area (Å²) in [4.78, 5) is 2.62. The zero-order chi connectivity index (χ0) is 33.9. The topological polar surface area (TPSA) is 3.24 Å². The van der Waals surface area contributed by atoms with E-state index in [0.29, 0.717) is 12.0 Å². The van der Waals surface area contributed by atoms with Crippen molar-refractivity contribution in [1.82, 2.24) is 0 Å². The average molecular weight is 646 g/mol. The van der Waals surface area contributed by atoms with Gasteiger partial charge in [-0.25, -0.2) is 0 Å². The van der Waals surface area contributed by atoms with Crippen LogP contribution in [0.5, 0.6) is 0 Å². The van der Waals surface area contributed by atoms with Gasteiger partial charge >= 0.3 is 0 Å². The summed E-state index contributed by atoms with van der Waals surface area (Å²) in [5.74, 6) is 0.569. The number of benzene rings is 6. The summed E-state index contributed by atoms with van der Waals surface area (Å²) in [6.45, 7) is 4.31. The van der Waals surface area contributed by atoms with E-state index >= 15 is 0 Å². The van der Waals surface area contributed by atoms with Crippen LogP contribution in [0.25, 0.3) is 23.3 Å². The Morgan fingerprint density at radius 3 is 1.72 bits per heavy atom. The zero-order valence-electron chi connectivity index (χ0n) is 29.0. The minimum atomic E-state index is 0.515. The predicted octanol–water partition coefficient (Wildman–Crippen LogP) is 12.8. The van der Waals surface area contributed by atoms with Gasteiger partial charge in [-0.3, -0.25) is 0 Å². The van der Waals surface area contributed by atoms with Gasteiger partial charge in [-0.1, -0.05) is 163 Å². The SMILES string of the molecule is Cc1ccc(C(=Cc2ccc3c(c2)C2CCCC2N3c2ccc(C=CC=C(c3ccccc3)c3ccccc3)cc2)c2ccc(C)cc2)cc1. The second-order valence-corrected chi connectivity index (χ2v) is 13.8. The molecule has 1 fully saturated rings. The smallest absolute Gasteiger partial charge is 0.0450 e. The van der Waals surface area contributed by atoms with Crippen molar-refractivity contribution in [2.24, 2.45) is 0 Å². The molecule has 1 aliphatic carbocycles. The van der Waals surface area contributed by atoms with Crippen molar-refractivity contribution in [2.75, 3.05) is 4.90 Å². The standard InChI is InChI=1S/C49H43N/c1-35-19-26-41(27-20-35)46(42-28-21-36(2)22-29-42)33-38-25-32-49-47(34-38)45-17-10-18-48(45)50(49)43-30-23-37(24-31-43)11-9-16-44(39-12-5-3-6-13-39)40-14-7-4-8-15-40/h3-9,11-16,19-34,45,48H,10,17-18H2,1-2H3. The number of anilines is 2. The van der Waals surface area contributed by atoms with Gasteiger partial charge < -0.3 is 4.90 Å². The van der Waals surface area contributed by atoms with Crippen molar-refractivity contribution in [3.05, 3.63) is 214 Å². The monoisotopic (exact) mass is 645 g/mol. The quantitative estimate of drug-likeness (QED) is 0.118. The molecule has 8 rings (SSSR count). The number of allylic oxidation sites excluding steroid dienone is 2. The molecule has 1 aliphatic heterocycles. The first-order valence-electron chi connectivity index (χ1n) is 18.0. The van der Waals surface area contributed by atoms with E-state index in [1.807, 2.05) is 0 Å². The van der Waals surface area contributed by atoms with E-state index in [9.17, 15) is 0 Å². The Morgan fingerprint density at radius 2 is 1.12 bits per heavy atom. The molecular formula is C49H43N. The molecule has 2 atom stereocenters. The predicted molar refractivity (Wildman–Crippen MR) is 214 cm³/mol. The van der Waals surface area contributed by atoms with Crippen LogP contribution in [-0.2, 0) is 0 Å². The molecule has 0 bridgehead atoms. The summed E-state index contributed by atoms with van der Waals surface area (Å²) in [5.41, 5.74) is 16.6. The van der Waals surface area contributed by atoms with Gasteiger partial charge in [0.2, 0.25) is 0 Å². The van der Waals surface area contributed by atoms with Gasteiger partial charge in [0.1, 0.15) is 0 Å². The van der Waals surface area contributed by atoms with Gasteiger partial charge in [0.05, 0.1) is 0 Å². The van der Waals surface area contributed by atoms with Crippen LogP contribution in [0.1, 0.15) is 75.3 Å². The highest BCUT2D eigenvalue weighted by Crippen LogP contribution is 2.52. The molecule has 2 unspecified atom stereocenters. The third-order valence-electron chi connectivity index (χ3n) is 10.5. The van der Waals surface area contributed by atoms with Crippen LogP contribution in [0, 0.1) is 13.8 Å². The highest BCUT2D eigenvalue weighted by Gasteiger charge is 2.42. The van der Waals surface area contributed by atoms with E-state index in [1.165, 1.54) is 91.9 Å². The zero-order valence-corrected chi connectivity index (χ0v) is 29.0. The van der Waals surface area contributed by atoms with Crippen molar-refractivity contribution in [3.8, 4) is 0 Å². The Morgan fingerprint density at radius 1 is 0.560 bits per heavy atom. The summed E-state index contributed by atoms with van der Waals surface area (Å²) >= 11 is 0. The number of rotatable bonds is 8. The van der Waals surface area contributed by atoms with E-state index in [1.54, 1.807) is 0 Å². The molecule has 1 nitrogen and oxygen atoms in total. The van der Waals surface area contributed by atoms with Crippen LogP contribution in [-0.4, -0.2) is 6.04 Å². The molecule has 2 aliphatic rings. The molecule has 0 radical (unpaired) electrons. The Balaban J connectivity index is 1.08. The molecule has 0 N–H and O–H groups in total. The molecule has 1 heterocycles. The van der Waals surface area contributed by atoms with Crippen molar-refractivity contribution >= 4 is 34.7 Å². The minimum Gasteiger partial charge on any atom is -0.338 e. The summed E-state index contributed by atoms with van der Waals surface area (Å²) < 4.78 is 0. The number of hydrogen-bond acceptors (Lipinski definition) is 1. The number of fused-ring (bicyclic) bond motifs is 3. The van der Waals surface area contributed by atoms with Crippen molar-refractivity contribution in [1.29, 1.82) is 0 Å². The molecule has 6 aromatic rings. The maximum atomic E-state index is 2.62. The second kappa shape index (κ2) is 14.1. The fourth-order valence-corrected chi connectivity index (χ4v) is 7.86. The van der Waals surface area contributed by atoms with Crippen molar-refractivity contribution in [2.45, 2.75) is 45.1 Å². The van der Waals surface area contributed by atoms with Gasteiger partial charge in [0, 0.05) is 23.3 Å². The van der Waals surface area contributed by atoms with Crippen LogP contribution in [0.15, 0.2) is 164 Å². The van der Waals surface area contributed by atoms with E-state index in [-0.39, 0.29) is 0 Å². The van der Waals surface area contributed by atoms with Gasteiger partial charge in [-0.05, 0) is 107 Å². The Hall–Kier alpha value is -5.66. The molecular weight excluding hydrogens is 603 g/mol. The molecule has 0 aromatic heterocycles. The van der Waals surface area contributed by atoms with E-state index < -0.39 is 0 Å². The summed E-state index contributed by atoms with van der Waals surface area (Å²) in [6.07, 6.45) is 12.8. The van der Waals surface area contributed by atoms with Crippen molar-refractivity contribution < 1.29 is 0 Å². The van der Waals surface area contributed by atoms with Gasteiger partial charge in [-0.15, -0.1) is 0 Å². The molecule has 1 heteroatoms. The highest BCUT2D eigenvalue weighted by atomic mass is 15.2. The first kappa shape index (κ1) is 31.6. The number of aryl methyl sites for hydroxylation is 2. The van der Waals surface area contributed by atoms with Crippen LogP contribution in [0.3, 0.4) is 0 Å². The normalized spacial score (nSPS) is 16.2. The molecule has 6 aromatic carbocycles. The molecule has 0 saturated heterocycles. The molecule has 244 valence electrons. The van der Waals surface area contributed by atoms with E-state index in [4.69, 9.17) is 0 Å². The fraction of sp³-hybridized carbons (Fsp3) is 0.143. The number of hydrogen-bond donors (Lipinski definition) is 0.